The van der Waals surface area contributed by atoms with Gasteiger partial charge in [0.2, 0.25) is 0 Å². The summed E-state index contributed by atoms with van der Waals surface area (Å²) in [5, 5.41) is 67.9. The number of aliphatic hydroxyl groups excluding tert-OH is 7. The number of amides is 2. The molecule has 2 aliphatic heterocycles. The van der Waals surface area contributed by atoms with Crippen molar-refractivity contribution in [2.75, 3.05) is 44.9 Å². The first kappa shape index (κ1) is 47.2. The van der Waals surface area contributed by atoms with Gasteiger partial charge in [0.05, 0.1) is 25.3 Å². The summed E-state index contributed by atoms with van der Waals surface area (Å²) in [7, 11) is 1.00. The normalized spacial score (nSPS) is 24.5. The third kappa shape index (κ3) is 12.0. The van der Waals surface area contributed by atoms with E-state index in [1.54, 1.807) is 5.32 Å². The average Bonchev–Trinajstić information content (AvgIpc) is 3.58. The molecule has 2 aliphatic rings. The molecule has 314 valence electrons. The van der Waals surface area contributed by atoms with Crippen LogP contribution in [0.1, 0.15) is 30.0 Å². The van der Waals surface area contributed by atoms with Crippen LogP contribution in [0.2, 0.25) is 0 Å². The van der Waals surface area contributed by atoms with Crippen molar-refractivity contribution in [2.45, 2.75) is 74.3 Å². The standard InChI is InChI=1S/C14H19F3N4O6.C14H15F3N4O6.CH4O/c2*15-14(16,17)12(25)19-3-1-2-6-4-21(13(26)20-10(6)18)11-9(24)8(23)7(5-22)27-11;1-2/h4,7-9,11,22-24H,1-3,5H2,(H,19,25)(H2,18,20,26);4,7-9,11,22-24H,3,5H2,(H,19,25)(H2,18,20,26);2H,1H3/t2*7-,8+,9?,11-;/m11./s1. The smallest absolute Gasteiger partial charge is 0.400 e. The number of anilines is 2. The number of nitrogen functional groups attached to an aromatic ring is 2. The Labute approximate surface area is 310 Å². The summed E-state index contributed by atoms with van der Waals surface area (Å²) in [5.41, 5.74) is 9.52. The van der Waals surface area contributed by atoms with Gasteiger partial charge in [0.1, 0.15) is 48.3 Å². The van der Waals surface area contributed by atoms with E-state index in [4.69, 9.17) is 36.3 Å². The fraction of sp³-hybridized carbons (Fsp3) is 0.586. The summed E-state index contributed by atoms with van der Waals surface area (Å²) in [5.74, 6) is -0.183. The number of aliphatic hydroxyl groups is 7. The van der Waals surface area contributed by atoms with Gasteiger partial charge in [-0.1, -0.05) is 11.8 Å². The van der Waals surface area contributed by atoms with Gasteiger partial charge in [-0.3, -0.25) is 18.7 Å². The van der Waals surface area contributed by atoms with Gasteiger partial charge < -0.3 is 67.3 Å². The second-order valence-corrected chi connectivity index (χ2v) is 11.4. The molecule has 27 heteroatoms. The van der Waals surface area contributed by atoms with Crippen molar-refractivity contribution in [1.29, 1.82) is 0 Å². The van der Waals surface area contributed by atoms with Crippen LogP contribution in [0.25, 0.3) is 0 Å². The minimum absolute atomic E-state index is 0.0713. The molecule has 8 atom stereocenters. The number of ether oxygens (including phenoxy) is 2. The number of aromatic nitrogens is 4. The number of halogens is 6. The van der Waals surface area contributed by atoms with Crippen LogP contribution < -0.4 is 33.5 Å². The number of hydrogen-bond acceptors (Lipinski definition) is 17. The molecule has 2 fully saturated rings. The lowest BCUT2D eigenvalue weighted by molar-refractivity contribution is -0.173. The van der Waals surface area contributed by atoms with E-state index in [-0.39, 0.29) is 42.1 Å². The summed E-state index contributed by atoms with van der Waals surface area (Å²) in [6.07, 6.45) is -18.5. The number of nitrogens with zero attached hydrogens (tertiary/aromatic N) is 4. The number of nitrogens with one attached hydrogen (secondary N) is 2. The van der Waals surface area contributed by atoms with Crippen LogP contribution >= 0.6 is 0 Å². The lowest BCUT2D eigenvalue weighted by Gasteiger charge is -2.18. The number of alkyl halides is 6. The maximum atomic E-state index is 12.1. The number of hydrogen-bond donors (Lipinski definition) is 11. The summed E-state index contributed by atoms with van der Waals surface area (Å²) < 4.78 is 84.6. The van der Waals surface area contributed by atoms with E-state index in [0.717, 1.165) is 22.4 Å². The summed E-state index contributed by atoms with van der Waals surface area (Å²) >= 11 is 0. The quantitative estimate of drug-likeness (QED) is 0.0642. The van der Waals surface area contributed by atoms with Crippen LogP contribution in [-0.4, -0.2) is 149 Å². The highest BCUT2D eigenvalue weighted by Crippen LogP contribution is 2.30. The molecule has 21 nitrogen and oxygen atoms in total. The Hall–Kier alpha value is -4.92. The SMILES string of the molecule is CO.Nc1nc(=O)n([C@@H]2O[C@H](CO)[C@H](O)C2O)cc1C#CCNC(=O)C(F)(F)F.Nc1nc(=O)n([C@@H]2O[C@H](CO)[C@H](O)C2O)cc1CCCNC(=O)C(F)(F)F. The van der Waals surface area contributed by atoms with E-state index in [1.165, 1.54) is 11.5 Å². The molecule has 4 rings (SSSR count). The third-order valence-corrected chi connectivity index (χ3v) is 7.61. The molecule has 13 N–H and O–H groups in total. The summed E-state index contributed by atoms with van der Waals surface area (Å²) in [6.45, 7) is -2.13. The number of aryl methyl sites for hydroxylation is 1. The first-order valence-electron chi connectivity index (χ1n) is 15.8. The molecule has 0 aliphatic carbocycles. The van der Waals surface area contributed by atoms with Crippen LogP contribution in [-0.2, 0) is 25.5 Å². The first-order valence-corrected chi connectivity index (χ1v) is 15.8. The zero-order valence-corrected chi connectivity index (χ0v) is 28.8. The largest absolute Gasteiger partial charge is 0.471 e. The second-order valence-electron chi connectivity index (χ2n) is 11.4. The Kier molecular flexibility index (Phi) is 17.1. The third-order valence-electron chi connectivity index (χ3n) is 7.61. The Morgan fingerprint density at radius 3 is 1.68 bits per heavy atom. The molecule has 2 amide bonds. The lowest BCUT2D eigenvalue weighted by Crippen LogP contribution is -2.37. The average molecular weight is 821 g/mol. The predicted molar refractivity (Wildman–Crippen MR) is 173 cm³/mol. The molecule has 56 heavy (non-hydrogen) atoms. The zero-order chi connectivity index (χ0) is 42.7. The fourth-order valence-corrected chi connectivity index (χ4v) is 4.82. The Morgan fingerprint density at radius 1 is 0.786 bits per heavy atom. The molecule has 4 heterocycles. The van der Waals surface area contributed by atoms with Gasteiger partial charge in [0.15, 0.2) is 12.5 Å². The molecule has 2 saturated heterocycles. The van der Waals surface area contributed by atoms with Crippen LogP contribution in [0.15, 0.2) is 22.0 Å². The Bertz CT molecular complexity index is 1830. The highest BCUT2D eigenvalue weighted by molar-refractivity contribution is 5.82. The van der Waals surface area contributed by atoms with E-state index in [0.29, 0.717) is 0 Å². The van der Waals surface area contributed by atoms with Crippen molar-refractivity contribution >= 4 is 23.5 Å². The number of rotatable bonds is 9. The van der Waals surface area contributed by atoms with Crippen LogP contribution in [0.4, 0.5) is 38.0 Å². The van der Waals surface area contributed by atoms with Gasteiger partial charge in [0, 0.05) is 31.6 Å². The molecule has 0 saturated carbocycles. The molecule has 2 aromatic heterocycles. The van der Waals surface area contributed by atoms with E-state index in [2.05, 4.69) is 21.8 Å². The topological polar surface area (TPSA) is 340 Å². The fourth-order valence-electron chi connectivity index (χ4n) is 4.82. The van der Waals surface area contributed by atoms with Crippen molar-refractivity contribution in [3.63, 3.8) is 0 Å². The summed E-state index contributed by atoms with van der Waals surface area (Å²) in [6, 6.07) is 0. The van der Waals surface area contributed by atoms with Crippen molar-refractivity contribution in [3.8, 4) is 11.8 Å². The Morgan fingerprint density at radius 2 is 1.23 bits per heavy atom. The molecule has 0 aromatic carbocycles. The first-order chi connectivity index (χ1) is 26.1. The molecule has 0 radical (unpaired) electrons. The van der Waals surface area contributed by atoms with Gasteiger partial charge in [-0.05, 0) is 12.8 Å². The second kappa shape index (κ2) is 20.3. The molecule has 2 unspecified atom stereocenters. The van der Waals surface area contributed by atoms with E-state index in [9.17, 15) is 65.9 Å². The zero-order valence-electron chi connectivity index (χ0n) is 28.8. The molecule has 2 aromatic rings. The molecule has 0 bridgehead atoms. The minimum atomic E-state index is -5.05. The van der Waals surface area contributed by atoms with Gasteiger partial charge in [-0.15, -0.1) is 0 Å². The molecular formula is C29H38F6N8O13. The number of carbonyl (C=O) groups excluding carboxylic acids is 2. The monoisotopic (exact) mass is 820 g/mol. The highest BCUT2D eigenvalue weighted by atomic mass is 19.4. The van der Waals surface area contributed by atoms with Gasteiger partial charge in [-0.25, -0.2) is 9.59 Å². The van der Waals surface area contributed by atoms with E-state index >= 15 is 0 Å². The maximum Gasteiger partial charge on any atom is 0.471 e. The lowest BCUT2D eigenvalue weighted by atomic mass is 10.1. The predicted octanol–water partition coefficient (Wildman–Crippen LogP) is -4.88. The van der Waals surface area contributed by atoms with E-state index in [1.807, 2.05) is 0 Å². The van der Waals surface area contributed by atoms with Crippen molar-refractivity contribution in [1.82, 2.24) is 29.7 Å². The Balaban J connectivity index is 0.000000370. The van der Waals surface area contributed by atoms with Crippen molar-refractivity contribution < 1.29 is 81.2 Å². The van der Waals surface area contributed by atoms with Crippen molar-refractivity contribution in [3.05, 3.63) is 44.5 Å². The van der Waals surface area contributed by atoms with Crippen molar-refractivity contribution in [2.24, 2.45) is 0 Å². The summed E-state index contributed by atoms with van der Waals surface area (Å²) in [4.78, 5) is 52.4. The van der Waals surface area contributed by atoms with Gasteiger partial charge in [-0.2, -0.15) is 36.3 Å². The molecule has 0 spiro atoms. The van der Waals surface area contributed by atoms with Gasteiger partial charge >= 0.3 is 35.5 Å². The molecular weight excluding hydrogens is 782 g/mol. The van der Waals surface area contributed by atoms with Crippen LogP contribution in [0, 0.1) is 11.8 Å². The maximum absolute atomic E-state index is 12.1. The van der Waals surface area contributed by atoms with E-state index < -0.39 is 104 Å². The van der Waals surface area contributed by atoms with Crippen LogP contribution in [0.3, 0.4) is 0 Å². The minimum Gasteiger partial charge on any atom is -0.400 e. The highest BCUT2D eigenvalue weighted by Gasteiger charge is 2.45. The van der Waals surface area contributed by atoms with Crippen LogP contribution in [0.5, 0.6) is 0 Å². The number of nitrogens with two attached hydrogens (primary N) is 2. The van der Waals surface area contributed by atoms with Gasteiger partial charge in [0.25, 0.3) is 0 Å². The number of carbonyl (C=O) groups is 2.